The maximum Gasteiger partial charge on any atom is 0.222 e. The third-order valence-corrected chi connectivity index (χ3v) is 4.68. The van der Waals surface area contributed by atoms with Crippen LogP contribution in [-0.4, -0.2) is 25.7 Å². The lowest BCUT2D eigenvalue weighted by Crippen LogP contribution is -2.32. The van der Waals surface area contributed by atoms with E-state index in [1.165, 1.54) is 0 Å². The second-order valence-corrected chi connectivity index (χ2v) is 6.49. The topological polar surface area (TPSA) is 72.7 Å². The molecular formula is C20H21N5O. The van der Waals surface area contributed by atoms with Gasteiger partial charge in [-0.1, -0.05) is 30.3 Å². The average Bonchev–Trinajstić information content (AvgIpc) is 3.21. The normalized spacial score (nSPS) is 16.1. The SMILES string of the molecule is O=C(CCn1cccn1)N[C@@H]1CCCc2nc(-c3ccccc3)ncc21. The largest absolute Gasteiger partial charge is 0.349 e. The van der Waals surface area contributed by atoms with Crippen LogP contribution in [0.15, 0.2) is 55.0 Å². The molecule has 0 unspecified atom stereocenters. The first-order valence-electron chi connectivity index (χ1n) is 8.97. The fraction of sp³-hybridized carbons (Fsp3) is 0.300. The van der Waals surface area contributed by atoms with Gasteiger partial charge in [-0.2, -0.15) is 5.10 Å². The molecule has 1 aliphatic rings. The van der Waals surface area contributed by atoms with Gasteiger partial charge >= 0.3 is 0 Å². The molecule has 2 heterocycles. The summed E-state index contributed by atoms with van der Waals surface area (Å²) in [5.41, 5.74) is 3.10. The summed E-state index contributed by atoms with van der Waals surface area (Å²) in [4.78, 5) is 21.6. The maximum absolute atomic E-state index is 12.3. The molecule has 0 fully saturated rings. The van der Waals surface area contributed by atoms with Gasteiger partial charge in [-0.3, -0.25) is 9.48 Å². The van der Waals surface area contributed by atoms with Crippen molar-refractivity contribution in [2.24, 2.45) is 0 Å². The molecule has 1 aliphatic carbocycles. The van der Waals surface area contributed by atoms with Crippen LogP contribution in [0, 0.1) is 0 Å². The van der Waals surface area contributed by atoms with Crippen molar-refractivity contribution >= 4 is 5.91 Å². The van der Waals surface area contributed by atoms with Crippen LogP contribution >= 0.6 is 0 Å². The van der Waals surface area contributed by atoms with Crippen LogP contribution < -0.4 is 5.32 Å². The Morgan fingerprint density at radius 2 is 2.12 bits per heavy atom. The molecule has 0 bridgehead atoms. The highest BCUT2D eigenvalue weighted by Gasteiger charge is 2.23. The van der Waals surface area contributed by atoms with Crippen LogP contribution in [0.25, 0.3) is 11.4 Å². The number of nitrogens with zero attached hydrogens (tertiary/aromatic N) is 4. The fourth-order valence-electron chi connectivity index (χ4n) is 3.34. The highest BCUT2D eigenvalue weighted by atomic mass is 16.1. The van der Waals surface area contributed by atoms with Crippen LogP contribution in [0.5, 0.6) is 0 Å². The molecule has 2 aromatic heterocycles. The molecule has 1 amide bonds. The fourth-order valence-corrected chi connectivity index (χ4v) is 3.34. The van der Waals surface area contributed by atoms with Crippen LogP contribution in [0.3, 0.4) is 0 Å². The Hall–Kier alpha value is -3.02. The Morgan fingerprint density at radius 1 is 1.23 bits per heavy atom. The highest BCUT2D eigenvalue weighted by Crippen LogP contribution is 2.29. The third kappa shape index (κ3) is 3.64. The Morgan fingerprint density at radius 3 is 2.92 bits per heavy atom. The summed E-state index contributed by atoms with van der Waals surface area (Å²) < 4.78 is 1.77. The predicted molar refractivity (Wildman–Crippen MR) is 98.1 cm³/mol. The van der Waals surface area contributed by atoms with E-state index in [1.54, 1.807) is 10.9 Å². The van der Waals surface area contributed by atoms with Crippen molar-refractivity contribution in [2.75, 3.05) is 0 Å². The van der Waals surface area contributed by atoms with E-state index in [0.29, 0.717) is 13.0 Å². The predicted octanol–water partition coefficient (Wildman–Crippen LogP) is 2.92. The number of benzene rings is 1. The van der Waals surface area contributed by atoms with E-state index >= 15 is 0 Å². The minimum atomic E-state index is -0.00584. The number of fused-ring (bicyclic) bond motifs is 1. The minimum Gasteiger partial charge on any atom is -0.349 e. The Kier molecular flexibility index (Phi) is 4.73. The summed E-state index contributed by atoms with van der Waals surface area (Å²) in [7, 11) is 0. The summed E-state index contributed by atoms with van der Waals surface area (Å²) in [6.07, 6.45) is 8.74. The lowest BCUT2D eigenvalue weighted by molar-refractivity contribution is -0.122. The maximum atomic E-state index is 12.3. The Balaban J connectivity index is 1.46. The van der Waals surface area contributed by atoms with Crippen molar-refractivity contribution in [2.45, 2.75) is 38.3 Å². The molecule has 1 N–H and O–H groups in total. The third-order valence-electron chi connectivity index (χ3n) is 4.68. The number of aromatic nitrogens is 4. The summed E-state index contributed by atoms with van der Waals surface area (Å²) in [5, 5.41) is 7.26. The van der Waals surface area contributed by atoms with Crippen molar-refractivity contribution in [3.05, 3.63) is 66.2 Å². The van der Waals surface area contributed by atoms with Crippen LogP contribution in [0.1, 0.15) is 36.6 Å². The van der Waals surface area contributed by atoms with Gasteiger partial charge in [0.25, 0.3) is 0 Å². The zero-order valence-electron chi connectivity index (χ0n) is 14.5. The molecule has 0 spiro atoms. The van der Waals surface area contributed by atoms with Gasteiger partial charge in [0.15, 0.2) is 5.82 Å². The molecule has 6 nitrogen and oxygen atoms in total. The van der Waals surface area contributed by atoms with E-state index in [-0.39, 0.29) is 11.9 Å². The first-order valence-corrected chi connectivity index (χ1v) is 8.97. The molecule has 0 saturated carbocycles. The van der Waals surface area contributed by atoms with Gasteiger partial charge in [-0.15, -0.1) is 0 Å². The molecule has 132 valence electrons. The van der Waals surface area contributed by atoms with Crippen molar-refractivity contribution in [1.29, 1.82) is 0 Å². The van der Waals surface area contributed by atoms with E-state index in [2.05, 4.69) is 15.4 Å². The van der Waals surface area contributed by atoms with E-state index in [9.17, 15) is 4.79 Å². The molecule has 6 heteroatoms. The van der Waals surface area contributed by atoms with E-state index in [1.807, 2.05) is 48.8 Å². The van der Waals surface area contributed by atoms with Crippen molar-refractivity contribution in [3.63, 3.8) is 0 Å². The molecule has 3 aromatic rings. The summed E-state index contributed by atoms with van der Waals surface area (Å²) in [6.45, 7) is 0.585. The zero-order chi connectivity index (χ0) is 17.8. The van der Waals surface area contributed by atoms with Gasteiger partial charge in [0.05, 0.1) is 6.04 Å². The lowest BCUT2D eigenvalue weighted by atomic mass is 9.92. The van der Waals surface area contributed by atoms with Gasteiger partial charge in [0.1, 0.15) is 0 Å². The number of hydrogen-bond donors (Lipinski definition) is 1. The molecule has 0 aliphatic heterocycles. The molecule has 1 atom stereocenters. The van der Waals surface area contributed by atoms with E-state index in [0.717, 1.165) is 41.9 Å². The van der Waals surface area contributed by atoms with Crippen molar-refractivity contribution < 1.29 is 4.79 Å². The van der Waals surface area contributed by atoms with E-state index in [4.69, 9.17) is 4.98 Å². The zero-order valence-corrected chi connectivity index (χ0v) is 14.5. The van der Waals surface area contributed by atoms with Crippen LogP contribution in [0.2, 0.25) is 0 Å². The Labute approximate surface area is 152 Å². The second-order valence-electron chi connectivity index (χ2n) is 6.49. The number of aryl methyl sites for hydroxylation is 2. The van der Waals surface area contributed by atoms with Gasteiger partial charge < -0.3 is 5.32 Å². The van der Waals surface area contributed by atoms with Crippen molar-refractivity contribution in [1.82, 2.24) is 25.1 Å². The lowest BCUT2D eigenvalue weighted by Gasteiger charge is -2.25. The quantitative estimate of drug-likeness (QED) is 0.770. The number of hydrogen-bond acceptors (Lipinski definition) is 4. The minimum absolute atomic E-state index is 0.00584. The van der Waals surface area contributed by atoms with Crippen LogP contribution in [-0.2, 0) is 17.8 Å². The molecule has 0 radical (unpaired) electrons. The number of carbonyl (C=O) groups excluding carboxylic acids is 1. The number of nitrogens with one attached hydrogen (secondary N) is 1. The molecule has 26 heavy (non-hydrogen) atoms. The van der Waals surface area contributed by atoms with Crippen molar-refractivity contribution in [3.8, 4) is 11.4 Å². The molecular weight excluding hydrogens is 326 g/mol. The van der Waals surface area contributed by atoms with Crippen LogP contribution in [0.4, 0.5) is 0 Å². The van der Waals surface area contributed by atoms with Gasteiger partial charge in [0, 0.05) is 48.4 Å². The first-order chi connectivity index (χ1) is 12.8. The average molecular weight is 347 g/mol. The summed E-state index contributed by atoms with van der Waals surface area (Å²) in [6, 6.07) is 11.8. The number of carbonyl (C=O) groups is 1. The Bertz CT molecular complexity index is 876. The van der Waals surface area contributed by atoms with Gasteiger partial charge in [-0.25, -0.2) is 9.97 Å². The van der Waals surface area contributed by atoms with Gasteiger partial charge in [-0.05, 0) is 25.3 Å². The van der Waals surface area contributed by atoms with E-state index < -0.39 is 0 Å². The second kappa shape index (κ2) is 7.47. The standard InChI is InChI=1S/C20H21N5O/c26-19(10-13-25-12-5-11-22-25)23-17-8-4-9-18-16(17)14-21-20(24-18)15-6-2-1-3-7-15/h1-3,5-7,11-12,14,17H,4,8-10,13H2,(H,23,26)/t17-/m1/s1. The molecule has 0 saturated heterocycles. The van der Waals surface area contributed by atoms with Gasteiger partial charge in [0.2, 0.25) is 5.91 Å². The summed E-state index contributed by atoms with van der Waals surface area (Å²) >= 11 is 0. The molecule has 1 aromatic carbocycles. The number of rotatable bonds is 5. The number of amides is 1. The highest BCUT2D eigenvalue weighted by molar-refractivity contribution is 5.76. The smallest absolute Gasteiger partial charge is 0.222 e. The monoisotopic (exact) mass is 347 g/mol. The molecule has 4 rings (SSSR count). The summed E-state index contributed by atoms with van der Waals surface area (Å²) in [5.74, 6) is 0.778. The first kappa shape index (κ1) is 16.4.